The minimum absolute atomic E-state index is 0.0734. The Kier molecular flexibility index (Phi) is 3.66. The predicted octanol–water partition coefficient (Wildman–Crippen LogP) is 2.81. The van der Waals surface area contributed by atoms with Crippen molar-refractivity contribution in [1.82, 2.24) is 0 Å². The van der Waals surface area contributed by atoms with Gasteiger partial charge in [-0.2, -0.15) is 0 Å². The first-order valence-electron chi connectivity index (χ1n) is 5.50. The topological polar surface area (TPSA) is 66.8 Å². The summed E-state index contributed by atoms with van der Waals surface area (Å²) in [6.07, 6.45) is 0. The van der Waals surface area contributed by atoms with Gasteiger partial charge in [0.2, 0.25) is 0 Å². The van der Waals surface area contributed by atoms with Crippen molar-refractivity contribution in [3.05, 3.63) is 59.4 Å². The fourth-order valence-corrected chi connectivity index (χ4v) is 1.55. The Hall–Kier alpha value is -2.56. The van der Waals surface area contributed by atoms with Crippen LogP contribution in [0.5, 0.6) is 11.5 Å². The number of para-hydroxylation sites is 1. The fraction of sp³-hybridized carbons (Fsp3) is 0.0714. The second-order valence-corrected chi connectivity index (χ2v) is 3.87. The monoisotopic (exact) mass is 262 g/mol. The third-order valence-corrected chi connectivity index (χ3v) is 2.54. The van der Waals surface area contributed by atoms with Gasteiger partial charge in [0.1, 0.15) is 18.0 Å². The zero-order chi connectivity index (χ0) is 13.8. The number of aromatic hydroxyl groups is 1. The van der Waals surface area contributed by atoms with E-state index in [1.807, 2.05) is 0 Å². The van der Waals surface area contributed by atoms with E-state index < -0.39 is 11.7 Å². The average Bonchev–Trinajstić information content (AvgIpc) is 2.39. The highest BCUT2D eigenvalue weighted by molar-refractivity contribution is 5.91. The summed E-state index contributed by atoms with van der Waals surface area (Å²) in [5.74, 6) is -1.93. The van der Waals surface area contributed by atoms with Crippen LogP contribution in [0.15, 0.2) is 42.5 Å². The molecule has 0 aliphatic carbocycles. The third-order valence-electron chi connectivity index (χ3n) is 2.54. The molecule has 98 valence electrons. The minimum atomic E-state index is -1.23. The SMILES string of the molecule is O=C(O)c1cccc(OCc2ccc(F)cc2)c1O. The molecule has 2 aromatic rings. The molecule has 4 nitrogen and oxygen atoms in total. The molecule has 0 aliphatic heterocycles. The molecule has 0 saturated heterocycles. The van der Waals surface area contributed by atoms with Crippen LogP contribution in [-0.2, 0) is 6.61 Å². The number of hydrogen-bond acceptors (Lipinski definition) is 3. The van der Waals surface area contributed by atoms with E-state index in [0.29, 0.717) is 5.56 Å². The lowest BCUT2D eigenvalue weighted by Crippen LogP contribution is -2.00. The van der Waals surface area contributed by atoms with E-state index >= 15 is 0 Å². The average molecular weight is 262 g/mol. The highest BCUT2D eigenvalue weighted by Gasteiger charge is 2.13. The normalized spacial score (nSPS) is 10.2. The van der Waals surface area contributed by atoms with Gasteiger partial charge in [-0.15, -0.1) is 0 Å². The van der Waals surface area contributed by atoms with Gasteiger partial charge in [-0.3, -0.25) is 0 Å². The van der Waals surface area contributed by atoms with Gasteiger partial charge in [-0.25, -0.2) is 9.18 Å². The molecule has 0 aliphatic rings. The van der Waals surface area contributed by atoms with Crippen LogP contribution in [0.1, 0.15) is 15.9 Å². The van der Waals surface area contributed by atoms with Crippen LogP contribution in [-0.4, -0.2) is 16.2 Å². The van der Waals surface area contributed by atoms with E-state index in [1.54, 1.807) is 12.1 Å². The van der Waals surface area contributed by atoms with E-state index in [4.69, 9.17) is 9.84 Å². The van der Waals surface area contributed by atoms with Crippen molar-refractivity contribution in [2.24, 2.45) is 0 Å². The lowest BCUT2D eigenvalue weighted by atomic mass is 10.2. The molecule has 0 amide bonds. The maximum atomic E-state index is 12.7. The first-order chi connectivity index (χ1) is 9.08. The second-order valence-electron chi connectivity index (χ2n) is 3.87. The third kappa shape index (κ3) is 3.01. The summed E-state index contributed by atoms with van der Waals surface area (Å²) in [6, 6.07) is 9.91. The number of carboxylic acids is 1. The van der Waals surface area contributed by atoms with Crippen molar-refractivity contribution in [2.75, 3.05) is 0 Å². The number of benzene rings is 2. The van der Waals surface area contributed by atoms with E-state index in [-0.39, 0.29) is 23.7 Å². The van der Waals surface area contributed by atoms with Crippen LogP contribution in [0, 0.1) is 5.82 Å². The van der Waals surface area contributed by atoms with Gasteiger partial charge in [0.25, 0.3) is 0 Å². The Bertz CT molecular complexity index is 593. The molecule has 2 aromatic carbocycles. The van der Waals surface area contributed by atoms with Crippen LogP contribution in [0.25, 0.3) is 0 Å². The Morgan fingerprint density at radius 3 is 2.47 bits per heavy atom. The smallest absolute Gasteiger partial charge is 0.339 e. The zero-order valence-corrected chi connectivity index (χ0v) is 9.84. The lowest BCUT2D eigenvalue weighted by Gasteiger charge is -2.09. The Morgan fingerprint density at radius 2 is 1.84 bits per heavy atom. The Morgan fingerprint density at radius 1 is 1.16 bits per heavy atom. The van der Waals surface area contributed by atoms with Crippen molar-refractivity contribution >= 4 is 5.97 Å². The number of carbonyl (C=O) groups is 1. The van der Waals surface area contributed by atoms with E-state index in [1.165, 1.54) is 30.3 Å². The molecular formula is C14H11FO4. The highest BCUT2D eigenvalue weighted by atomic mass is 19.1. The molecular weight excluding hydrogens is 251 g/mol. The van der Waals surface area contributed by atoms with Crippen molar-refractivity contribution in [1.29, 1.82) is 0 Å². The summed E-state index contributed by atoms with van der Waals surface area (Å²) < 4.78 is 18.0. The summed E-state index contributed by atoms with van der Waals surface area (Å²) in [7, 11) is 0. The molecule has 19 heavy (non-hydrogen) atoms. The number of carboxylic acid groups (broad SMARTS) is 1. The maximum Gasteiger partial charge on any atom is 0.339 e. The largest absolute Gasteiger partial charge is 0.504 e. The number of phenols is 1. The molecule has 0 saturated carbocycles. The summed E-state index contributed by atoms with van der Waals surface area (Å²) in [4.78, 5) is 10.8. The molecule has 0 heterocycles. The number of aromatic carboxylic acids is 1. The van der Waals surface area contributed by atoms with Crippen molar-refractivity contribution in [3.8, 4) is 11.5 Å². The first-order valence-corrected chi connectivity index (χ1v) is 5.50. The van der Waals surface area contributed by atoms with Gasteiger partial charge >= 0.3 is 5.97 Å². The summed E-state index contributed by atoms with van der Waals surface area (Å²) in [6.45, 7) is 0.108. The van der Waals surface area contributed by atoms with Crippen molar-refractivity contribution in [3.63, 3.8) is 0 Å². The summed E-state index contributed by atoms with van der Waals surface area (Å²) in [5.41, 5.74) is 0.484. The van der Waals surface area contributed by atoms with Crippen LogP contribution in [0.3, 0.4) is 0 Å². The molecule has 0 fully saturated rings. The summed E-state index contributed by atoms with van der Waals surface area (Å²) >= 11 is 0. The fourth-order valence-electron chi connectivity index (χ4n) is 1.55. The Balaban J connectivity index is 2.13. The van der Waals surface area contributed by atoms with Gasteiger partial charge in [0, 0.05) is 0 Å². The molecule has 2 rings (SSSR count). The number of halogens is 1. The van der Waals surface area contributed by atoms with Crippen LogP contribution in [0.2, 0.25) is 0 Å². The van der Waals surface area contributed by atoms with Gasteiger partial charge in [0.15, 0.2) is 11.5 Å². The van der Waals surface area contributed by atoms with Gasteiger partial charge < -0.3 is 14.9 Å². The van der Waals surface area contributed by atoms with Crippen LogP contribution in [0.4, 0.5) is 4.39 Å². The van der Waals surface area contributed by atoms with E-state index in [2.05, 4.69) is 0 Å². The van der Waals surface area contributed by atoms with Crippen molar-refractivity contribution in [2.45, 2.75) is 6.61 Å². The molecule has 2 N–H and O–H groups in total. The van der Waals surface area contributed by atoms with Gasteiger partial charge in [0.05, 0.1) is 0 Å². The second kappa shape index (κ2) is 5.39. The highest BCUT2D eigenvalue weighted by Crippen LogP contribution is 2.30. The molecule has 5 heteroatoms. The molecule has 0 atom stereocenters. The lowest BCUT2D eigenvalue weighted by molar-refractivity contribution is 0.0692. The van der Waals surface area contributed by atoms with Gasteiger partial charge in [-0.1, -0.05) is 18.2 Å². The number of ether oxygens (including phenoxy) is 1. The molecule has 0 aromatic heterocycles. The van der Waals surface area contributed by atoms with E-state index in [0.717, 1.165) is 0 Å². The van der Waals surface area contributed by atoms with E-state index in [9.17, 15) is 14.3 Å². The number of rotatable bonds is 4. The van der Waals surface area contributed by atoms with Crippen LogP contribution < -0.4 is 4.74 Å². The molecule has 0 unspecified atom stereocenters. The van der Waals surface area contributed by atoms with Crippen molar-refractivity contribution < 1.29 is 24.1 Å². The maximum absolute atomic E-state index is 12.7. The molecule has 0 spiro atoms. The zero-order valence-electron chi connectivity index (χ0n) is 9.84. The first kappa shape index (κ1) is 12.9. The standard InChI is InChI=1S/C14H11FO4/c15-10-6-4-9(5-7-10)8-19-12-3-1-2-11(13(12)16)14(17)18/h1-7,16H,8H2,(H,17,18). The van der Waals surface area contributed by atoms with Gasteiger partial charge in [-0.05, 0) is 29.8 Å². The Labute approximate surface area is 108 Å². The summed E-state index contributed by atoms with van der Waals surface area (Å²) in [5, 5.41) is 18.6. The molecule has 0 radical (unpaired) electrons. The number of hydrogen-bond donors (Lipinski definition) is 2. The minimum Gasteiger partial charge on any atom is -0.504 e. The molecule has 0 bridgehead atoms. The van der Waals surface area contributed by atoms with Crippen LogP contribution >= 0.6 is 0 Å². The quantitative estimate of drug-likeness (QED) is 0.889. The predicted molar refractivity (Wildman–Crippen MR) is 65.8 cm³/mol.